The zero-order valence-corrected chi connectivity index (χ0v) is 21.7. The molecule has 2 atom stereocenters. The number of unbranched alkanes of at least 4 members (excludes halogenated alkanes) is 9. The van der Waals surface area contributed by atoms with Gasteiger partial charge in [-0.25, -0.2) is 0 Å². The van der Waals surface area contributed by atoms with Gasteiger partial charge in [0.25, 0.3) is 0 Å². The molecule has 2 unspecified atom stereocenters. The van der Waals surface area contributed by atoms with Crippen molar-refractivity contribution in [2.75, 3.05) is 39.5 Å². The van der Waals surface area contributed by atoms with Crippen molar-refractivity contribution in [3.63, 3.8) is 0 Å². The van der Waals surface area contributed by atoms with Crippen molar-refractivity contribution >= 4 is 11.9 Å². The highest BCUT2D eigenvalue weighted by Crippen LogP contribution is 2.08. The molecule has 0 aliphatic rings. The van der Waals surface area contributed by atoms with Gasteiger partial charge in [0.05, 0.1) is 0 Å². The van der Waals surface area contributed by atoms with Crippen LogP contribution in [-0.2, 0) is 19.1 Å². The van der Waals surface area contributed by atoms with Crippen molar-refractivity contribution < 1.29 is 34.4 Å². The van der Waals surface area contributed by atoms with Crippen molar-refractivity contribution in [2.45, 2.75) is 116 Å². The standard InChI is InChI=1S/C26H51NO7/c1-3-5-7-9-11-15-25(31)33-21-23(29)19-27(17-13-14-18-28)20-24(30)22-34-26(32)16-12-10-8-6-4-2/h23-24,28-30H,3-22H2,1-2H3. The zero-order valence-electron chi connectivity index (χ0n) is 21.7. The summed E-state index contributed by atoms with van der Waals surface area (Å²) in [6.45, 7) is 5.18. The van der Waals surface area contributed by atoms with Gasteiger partial charge in [0.1, 0.15) is 25.4 Å². The van der Waals surface area contributed by atoms with E-state index in [1.54, 1.807) is 0 Å². The van der Waals surface area contributed by atoms with Gasteiger partial charge in [0, 0.05) is 32.5 Å². The number of nitrogens with zero attached hydrogens (tertiary/aromatic N) is 1. The molecule has 0 amide bonds. The number of aliphatic hydroxyl groups is 3. The molecule has 0 saturated carbocycles. The third-order valence-electron chi connectivity index (χ3n) is 5.66. The molecule has 0 bridgehead atoms. The Labute approximate surface area is 207 Å². The molecule has 0 aromatic rings. The van der Waals surface area contributed by atoms with Crippen molar-refractivity contribution in [2.24, 2.45) is 0 Å². The van der Waals surface area contributed by atoms with E-state index in [0.29, 0.717) is 32.2 Å². The predicted molar refractivity (Wildman–Crippen MR) is 133 cm³/mol. The van der Waals surface area contributed by atoms with Crippen LogP contribution in [0.1, 0.15) is 104 Å². The van der Waals surface area contributed by atoms with Gasteiger partial charge in [-0.2, -0.15) is 0 Å². The van der Waals surface area contributed by atoms with Gasteiger partial charge >= 0.3 is 11.9 Å². The van der Waals surface area contributed by atoms with Crippen LogP contribution in [0.25, 0.3) is 0 Å². The minimum atomic E-state index is -0.879. The second kappa shape index (κ2) is 23.5. The molecule has 202 valence electrons. The first-order valence-electron chi connectivity index (χ1n) is 13.4. The molecule has 0 radical (unpaired) electrons. The van der Waals surface area contributed by atoms with Crippen LogP contribution in [-0.4, -0.2) is 83.8 Å². The molecule has 0 spiro atoms. The monoisotopic (exact) mass is 489 g/mol. The van der Waals surface area contributed by atoms with Gasteiger partial charge in [-0.15, -0.1) is 0 Å². The smallest absolute Gasteiger partial charge is 0.305 e. The van der Waals surface area contributed by atoms with Crippen molar-refractivity contribution in [1.82, 2.24) is 4.90 Å². The lowest BCUT2D eigenvalue weighted by Gasteiger charge is -2.27. The van der Waals surface area contributed by atoms with E-state index in [9.17, 15) is 19.8 Å². The van der Waals surface area contributed by atoms with Crippen LogP contribution >= 0.6 is 0 Å². The Morgan fingerprint density at radius 3 is 1.53 bits per heavy atom. The Morgan fingerprint density at radius 1 is 0.676 bits per heavy atom. The molecule has 0 aliphatic carbocycles. The fourth-order valence-corrected chi connectivity index (χ4v) is 3.67. The van der Waals surface area contributed by atoms with Crippen LogP contribution in [0.5, 0.6) is 0 Å². The molecule has 8 nitrogen and oxygen atoms in total. The summed E-state index contributed by atoms with van der Waals surface area (Å²) in [6, 6.07) is 0. The van der Waals surface area contributed by atoms with E-state index < -0.39 is 12.2 Å². The van der Waals surface area contributed by atoms with E-state index in [2.05, 4.69) is 13.8 Å². The van der Waals surface area contributed by atoms with Crippen molar-refractivity contribution in [3.8, 4) is 0 Å². The van der Waals surface area contributed by atoms with Crippen LogP contribution in [0.3, 0.4) is 0 Å². The third kappa shape index (κ3) is 21.3. The fraction of sp³-hybridized carbons (Fsp3) is 0.923. The molecule has 0 aromatic heterocycles. The SMILES string of the molecule is CCCCCCCC(=O)OCC(O)CN(CCCCO)CC(O)COC(=O)CCCCCCC. The number of carbonyl (C=O) groups excluding carboxylic acids is 2. The van der Waals surface area contributed by atoms with Gasteiger partial charge in [-0.3, -0.25) is 14.5 Å². The average Bonchev–Trinajstić information content (AvgIpc) is 2.81. The average molecular weight is 490 g/mol. The number of rotatable bonds is 24. The molecular weight excluding hydrogens is 438 g/mol. The molecule has 34 heavy (non-hydrogen) atoms. The summed E-state index contributed by atoms with van der Waals surface area (Å²) in [5.41, 5.74) is 0. The Kier molecular flexibility index (Phi) is 22.7. The number of aliphatic hydroxyl groups excluding tert-OH is 3. The highest BCUT2D eigenvalue weighted by Gasteiger charge is 2.18. The summed E-state index contributed by atoms with van der Waals surface area (Å²) in [6.07, 6.45) is 10.8. The number of carbonyl (C=O) groups is 2. The van der Waals surface area contributed by atoms with Crippen LogP contribution < -0.4 is 0 Å². The molecular formula is C26H51NO7. The minimum Gasteiger partial charge on any atom is -0.463 e. The molecule has 0 aliphatic heterocycles. The van der Waals surface area contributed by atoms with Crippen LogP contribution in [0.2, 0.25) is 0 Å². The maximum atomic E-state index is 11.9. The second-order valence-electron chi connectivity index (χ2n) is 9.19. The van der Waals surface area contributed by atoms with E-state index in [-0.39, 0.29) is 44.8 Å². The Bertz CT molecular complexity index is 452. The first-order valence-corrected chi connectivity index (χ1v) is 13.4. The van der Waals surface area contributed by atoms with Crippen LogP contribution in [0.15, 0.2) is 0 Å². The zero-order chi connectivity index (χ0) is 25.4. The van der Waals surface area contributed by atoms with Crippen LogP contribution in [0.4, 0.5) is 0 Å². The Balaban J connectivity index is 4.26. The lowest BCUT2D eigenvalue weighted by Crippen LogP contribution is -2.41. The van der Waals surface area contributed by atoms with Gasteiger partial charge in [-0.1, -0.05) is 65.2 Å². The van der Waals surface area contributed by atoms with E-state index in [0.717, 1.165) is 51.4 Å². The summed E-state index contributed by atoms with van der Waals surface area (Å²) < 4.78 is 10.4. The number of hydrogen-bond acceptors (Lipinski definition) is 8. The summed E-state index contributed by atoms with van der Waals surface area (Å²) in [5, 5.41) is 29.7. The summed E-state index contributed by atoms with van der Waals surface area (Å²) in [5.74, 6) is -0.604. The second-order valence-corrected chi connectivity index (χ2v) is 9.19. The minimum absolute atomic E-state index is 0.0741. The highest BCUT2D eigenvalue weighted by atomic mass is 16.5. The van der Waals surface area contributed by atoms with Crippen LogP contribution in [0, 0.1) is 0 Å². The van der Waals surface area contributed by atoms with E-state index >= 15 is 0 Å². The molecule has 3 N–H and O–H groups in total. The lowest BCUT2D eigenvalue weighted by atomic mass is 10.1. The number of ether oxygens (including phenoxy) is 2. The van der Waals surface area contributed by atoms with Gasteiger partial charge in [0.15, 0.2) is 0 Å². The van der Waals surface area contributed by atoms with E-state index in [1.807, 2.05) is 4.90 Å². The first-order chi connectivity index (χ1) is 16.4. The highest BCUT2D eigenvalue weighted by molar-refractivity contribution is 5.69. The number of hydrogen-bond donors (Lipinski definition) is 3. The maximum absolute atomic E-state index is 11.9. The van der Waals surface area contributed by atoms with Crippen molar-refractivity contribution in [3.05, 3.63) is 0 Å². The quantitative estimate of drug-likeness (QED) is 0.139. The van der Waals surface area contributed by atoms with Crippen molar-refractivity contribution in [1.29, 1.82) is 0 Å². The van der Waals surface area contributed by atoms with Gasteiger partial charge in [0.2, 0.25) is 0 Å². The molecule has 0 aromatic carbocycles. The molecule has 0 rings (SSSR count). The largest absolute Gasteiger partial charge is 0.463 e. The third-order valence-corrected chi connectivity index (χ3v) is 5.66. The normalized spacial score (nSPS) is 13.1. The first kappa shape index (κ1) is 32.8. The molecule has 0 heterocycles. The Hall–Kier alpha value is -1.22. The van der Waals surface area contributed by atoms with E-state index in [1.165, 1.54) is 12.8 Å². The predicted octanol–water partition coefficient (Wildman–Crippen LogP) is 3.59. The number of esters is 2. The van der Waals surface area contributed by atoms with Gasteiger partial charge < -0.3 is 24.8 Å². The fourth-order valence-electron chi connectivity index (χ4n) is 3.67. The van der Waals surface area contributed by atoms with E-state index in [4.69, 9.17) is 14.6 Å². The summed E-state index contributed by atoms with van der Waals surface area (Å²) >= 11 is 0. The maximum Gasteiger partial charge on any atom is 0.305 e. The summed E-state index contributed by atoms with van der Waals surface area (Å²) in [7, 11) is 0. The Morgan fingerprint density at radius 2 is 1.12 bits per heavy atom. The molecule has 8 heteroatoms. The summed E-state index contributed by atoms with van der Waals surface area (Å²) in [4.78, 5) is 25.6. The topological polar surface area (TPSA) is 117 Å². The lowest BCUT2D eigenvalue weighted by molar-refractivity contribution is -0.147. The van der Waals surface area contributed by atoms with Gasteiger partial charge in [-0.05, 0) is 32.2 Å². The molecule has 0 fully saturated rings. The molecule has 0 saturated heterocycles.